The zero-order valence-corrected chi connectivity index (χ0v) is 22.9. The summed E-state index contributed by atoms with van der Waals surface area (Å²) in [5.74, 6) is -1.25. The number of hydrogen-bond acceptors (Lipinski definition) is 6. The molecule has 216 valence electrons. The molecule has 40 heavy (non-hydrogen) atoms. The number of likely N-dealkylation sites (tertiary alicyclic amines) is 1. The smallest absolute Gasteiger partial charge is 0.317 e. The van der Waals surface area contributed by atoms with Crippen molar-refractivity contribution in [3.05, 3.63) is 48.2 Å². The van der Waals surface area contributed by atoms with E-state index in [1.165, 1.54) is 6.92 Å². The largest absolute Gasteiger partial charge is 0.491 e. The maximum absolute atomic E-state index is 13.0. The van der Waals surface area contributed by atoms with E-state index in [2.05, 4.69) is 20.5 Å². The van der Waals surface area contributed by atoms with Gasteiger partial charge in [0, 0.05) is 45.4 Å². The van der Waals surface area contributed by atoms with Crippen molar-refractivity contribution in [2.24, 2.45) is 5.92 Å². The summed E-state index contributed by atoms with van der Waals surface area (Å²) in [5, 5.41) is 5.99. The van der Waals surface area contributed by atoms with Crippen LogP contribution >= 0.6 is 0 Å². The third kappa shape index (κ3) is 7.11. The normalized spacial score (nSPS) is 22.9. The number of rotatable bonds is 9. The molecular formula is C29H37F2N5O4. The summed E-state index contributed by atoms with van der Waals surface area (Å²) < 4.78 is 37.7. The van der Waals surface area contributed by atoms with Crippen LogP contribution in [-0.2, 0) is 4.79 Å². The van der Waals surface area contributed by atoms with Crippen LogP contribution in [0, 0.1) is 5.92 Å². The number of carbonyl (C=O) groups excluding carboxylic acids is 2. The monoisotopic (exact) mass is 557 g/mol. The summed E-state index contributed by atoms with van der Waals surface area (Å²) in [4.78, 5) is 32.3. The SMILES string of the molecule is CC(=O)NC1CCN(C(=O)N[C@@H](C)c2ccc(OC3CCN(c4ccc(OCC5CC5(F)F)cn4)C3)cc2)CC1. The number of piperidine rings is 1. The van der Waals surface area contributed by atoms with E-state index in [0.717, 1.165) is 42.9 Å². The molecule has 1 aromatic carbocycles. The molecule has 2 unspecified atom stereocenters. The highest BCUT2D eigenvalue weighted by molar-refractivity contribution is 5.75. The Bertz CT molecular complexity index is 1170. The van der Waals surface area contributed by atoms with Crippen molar-refractivity contribution < 1.29 is 27.8 Å². The average Bonchev–Trinajstić information content (AvgIpc) is 3.30. The van der Waals surface area contributed by atoms with Gasteiger partial charge in [-0.25, -0.2) is 18.6 Å². The van der Waals surface area contributed by atoms with Gasteiger partial charge in [-0.15, -0.1) is 0 Å². The molecule has 9 nitrogen and oxygen atoms in total. The molecule has 2 aliphatic heterocycles. The molecule has 3 amide bonds. The van der Waals surface area contributed by atoms with Gasteiger partial charge >= 0.3 is 6.03 Å². The van der Waals surface area contributed by atoms with Gasteiger partial charge < -0.3 is 29.9 Å². The molecule has 1 aromatic heterocycles. The molecule has 11 heteroatoms. The molecule has 0 spiro atoms. The second kappa shape index (κ2) is 11.9. The number of nitrogens with zero attached hydrogens (tertiary/aromatic N) is 3. The third-order valence-electron chi connectivity index (χ3n) is 7.81. The Balaban J connectivity index is 1.04. The molecule has 2 N–H and O–H groups in total. The summed E-state index contributed by atoms with van der Waals surface area (Å²) in [7, 11) is 0. The number of anilines is 1. The van der Waals surface area contributed by atoms with Crippen LogP contribution in [0.1, 0.15) is 51.1 Å². The Morgan fingerprint density at radius 1 is 1.07 bits per heavy atom. The molecule has 3 atom stereocenters. The molecular weight excluding hydrogens is 520 g/mol. The van der Waals surface area contributed by atoms with Gasteiger partial charge in [0.25, 0.3) is 5.92 Å². The molecule has 2 saturated heterocycles. The molecule has 3 aliphatic rings. The summed E-state index contributed by atoms with van der Waals surface area (Å²) in [6, 6.07) is 11.3. The van der Waals surface area contributed by atoms with E-state index in [-0.39, 0.29) is 43.2 Å². The Morgan fingerprint density at radius 2 is 1.77 bits per heavy atom. The van der Waals surface area contributed by atoms with E-state index in [9.17, 15) is 18.4 Å². The highest BCUT2D eigenvalue weighted by Crippen LogP contribution is 2.48. The quantitative estimate of drug-likeness (QED) is 0.481. The first-order valence-corrected chi connectivity index (χ1v) is 14.0. The molecule has 0 radical (unpaired) electrons. The van der Waals surface area contributed by atoms with Gasteiger partial charge in [-0.1, -0.05) is 12.1 Å². The zero-order valence-electron chi connectivity index (χ0n) is 22.9. The first-order chi connectivity index (χ1) is 19.2. The maximum atomic E-state index is 13.0. The lowest BCUT2D eigenvalue weighted by molar-refractivity contribution is -0.119. The molecule has 5 rings (SSSR count). The molecule has 3 heterocycles. The number of amides is 3. The lowest BCUT2D eigenvalue weighted by Crippen LogP contribution is -2.49. The Morgan fingerprint density at radius 3 is 2.40 bits per heavy atom. The first-order valence-electron chi connectivity index (χ1n) is 14.0. The number of carbonyl (C=O) groups is 2. The minimum atomic E-state index is -2.58. The van der Waals surface area contributed by atoms with Crippen molar-refractivity contribution >= 4 is 17.8 Å². The number of ether oxygens (including phenoxy) is 2. The van der Waals surface area contributed by atoms with Crippen molar-refractivity contribution in [3.8, 4) is 11.5 Å². The van der Waals surface area contributed by atoms with Crippen molar-refractivity contribution in [3.63, 3.8) is 0 Å². The minimum absolute atomic E-state index is 0.0114. The second-order valence-corrected chi connectivity index (χ2v) is 11.0. The number of alkyl halides is 2. The van der Waals surface area contributed by atoms with Gasteiger partial charge in [-0.3, -0.25) is 4.79 Å². The van der Waals surface area contributed by atoms with Crippen LogP contribution in [0.4, 0.5) is 19.4 Å². The van der Waals surface area contributed by atoms with Gasteiger partial charge in [0.2, 0.25) is 5.91 Å². The van der Waals surface area contributed by atoms with Crippen molar-refractivity contribution in [2.45, 2.75) is 63.6 Å². The Hall–Kier alpha value is -3.63. The number of hydrogen-bond donors (Lipinski definition) is 2. The fourth-order valence-electron chi connectivity index (χ4n) is 5.23. The van der Waals surface area contributed by atoms with E-state index in [1.54, 1.807) is 17.2 Å². The van der Waals surface area contributed by atoms with Gasteiger partial charge in [-0.2, -0.15) is 0 Å². The Kier molecular flexibility index (Phi) is 8.27. The fraction of sp³-hybridized carbons (Fsp3) is 0.552. The highest BCUT2D eigenvalue weighted by atomic mass is 19.3. The molecule has 1 saturated carbocycles. The number of nitrogens with one attached hydrogen (secondary N) is 2. The molecule has 0 bridgehead atoms. The van der Waals surface area contributed by atoms with Crippen LogP contribution < -0.4 is 25.0 Å². The van der Waals surface area contributed by atoms with Gasteiger partial charge in [-0.05, 0) is 49.6 Å². The van der Waals surface area contributed by atoms with Crippen LogP contribution in [0.5, 0.6) is 11.5 Å². The van der Waals surface area contributed by atoms with E-state index in [4.69, 9.17) is 9.47 Å². The Labute approximate surface area is 233 Å². The minimum Gasteiger partial charge on any atom is -0.491 e. The summed E-state index contributed by atoms with van der Waals surface area (Å²) in [6.45, 7) is 6.20. The number of halogens is 2. The summed E-state index contributed by atoms with van der Waals surface area (Å²) >= 11 is 0. The first kappa shape index (κ1) is 27.9. The van der Waals surface area contributed by atoms with Crippen LogP contribution in [0.15, 0.2) is 42.6 Å². The van der Waals surface area contributed by atoms with Gasteiger partial charge in [0.05, 0.1) is 31.3 Å². The number of pyridine rings is 1. The third-order valence-corrected chi connectivity index (χ3v) is 7.81. The van der Waals surface area contributed by atoms with E-state index in [1.807, 2.05) is 37.3 Å². The van der Waals surface area contributed by atoms with E-state index < -0.39 is 11.8 Å². The predicted octanol–water partition coefficient (Wildman–Crippen LogP) is 4.14. The molecule has 1 aliphatic carbocycles. The van der Waals surface area contributed by atoms with Crippen LogP contribution in [0.2, 0.25) is 0 Å². The standard InChI is InChI=1S/C29H37F2N5O4/c1-19(33-28(38)35-12-9-23(10-13-35)34-20(2)37)21-3-5-24(6-4-21)40-26-11-14-36(17-26)27-8-7-25(16-32-27)39-18-22-15-29(22,30)31/h3-8,16,19,22-23,26H,9-15,17-18H2,1-2H3,(H,33,38)(H,34,37)/t19-,22?,26?/m0/s1. The predicted molar refractivity (Wildman–Crippen MR) is 146 cm³/mol. The highest BCUT2D eigenvalue weighted by Gasteiger charge is 2.57. The fourth-order valence-corrected chi connectivity index (χ4v) is 5.23. The number of urea groups is 1. The number of aromatic nitrogens is 1. The maximum Gasteiger partial charge on any atom is 0.317 e. The lowest BCUT2D eigenvalue weighted by atomic mass is 10.1. The van der Waals surface area contributed by atoms with E-state index >= 15 is 0 Å². The van der Waals surface area contributed by atoms with E-state index in [0.29, 0.717) is 25.4 Å². The van der Waals surface area contributed by atoms with Crippen molar-refractivity contribution in [1.29, 1.82) is 0 Å². The number of benzene rings is 1. The average molecular weight is 558 g/mol. The van der Waals surface area contributed by atoms with Crippen molar-refractivity contribution in [2.75, 3.05) is 37.7 Å². The summed E-state index contributed by atoms with van der Waals surface area (Å²) in [6.07, 6.45) is 3.85. The second-order valence-electron chi connectivity index (χ2n) is 11.0. The topological polar surface area (TPSA) is 96.0 Å². The molecule has 2 aromatic rings. The van der Waals surface area contributed by atoms with Crippen LogP contribution in [0.3, 0.4) is 0 Å². The van der Waals surface area contributed by atoms with Gasteiger partial charge in [0.1, 0.15) is 23.4 Å². The van der Waals surface area contributed by atoms with Crippen molar-refractivity contribution in [1.82, 2.24) is 20.5 Å². The lowest BCUT2D eigenvalue weighted by Gasteiger charge is -2.33. The summed E-state index contributed by atoms with van der Waals surface area (Å²) in [5.41, 5.74) is 0.985. The van der Waals surface area contributed by atoms with Crippen LogP contribution in [-0.4, -0.2) is 72.7 Å². The molecule has 3 fully saturated rings. The van der Waals surface area contributed by atoms with Crippen LogP contribution in [0.25, 0.3) is 0 Å². The van der Waals surface area contributed by atoms with Gasteiger partial charge in [0.15, 0.2) is 0 Å². The zero-order chi connectivity index (χ0) is 28.3.